The second-order valence-corrected chi connectivity index (χ2v) is 6.66. The van der Waals surface area contributed by atoms with Gasteiger partial charge in [-0.15, -0.1) is 18.2 Å². The highest BCUT2D eigenvalue weighted by molar-refractivity contribution is 7.99. The van der Waals surface area contributed by atoms with Crippen molar-refractivity contribution in [2.45, 2.75) is 4.90 Å². The van der Waals surface area contributed by atoms with Crippen LogP contribution in [0.1, 0.15) is 5.56 Å². The van der Waals surface area contributed by atoms with E-state index in [-0.39, 0.29) is 16.5 Å². The van der Waals surface area contributed by atoms with E-state index in [2.05, 4.69) is 10.6 Å². The van der Waals surface area contributed by atoms with Gasteiger partial charge < -0.3 is 0 Å². The first-order valence-electron chi connectivity index (χ1n) is 5.22. The molecular formula is C12H11ClN2O2S2. The van der Waals surface area contributed by atoms with Gasteiger partial charge in [-0.3, -0.25) is 0 Å². The van der Waals surface area contributed by atoms with Crippen LogP contribution >= 0.6 is 23.4 Å². The molecule has 19 heavy (non-hydrogen) atoms. The number of nitriles is 1. The van der Waals surface area contributed by atoms with Crippen LogP contribution in [0.3, 0.4) is 0 Å². The maximum absolute atomic E-state index is 12.0. The second-order valence-electron chi connectivity index (χ2n) is 3.41. The molecule has 0 aromatic heterocycles. The molecule has 0 amide bonds. The van der Waals surface area contributed by atoms with Gasteiger partial charge in [0.1, 0.15) is 4.90 Å². The van der Waals surface area contributed by atoms with Gasteiger partial charge in [0.15, 0.2) is 0 Å². The monoisotopic (exact) mass is 314 g/mol. The summed E-state index contributed by atoms with van der Waals surface area (Å²) in [6, 6.07) is 5.94. The predicted molar refractivity (Wildman–Crippen MR) is 77.5 cm³/mol. The van der Waals surface area contributed by atoms with Crippen molar-refractivity contribution in [2.75, 3.05) is 18.1 Å². The van der Waals surface area contributed by atoms with Gasteiger partial charge in [0.05, 0.1) is 22.4 Å². The number of rotatable bonds is 6. The molecule has 0 radical (unpaired) electrons. The van der Waals surface area contributed by atoms with Crippen LogP contribution in [0.5, 0.6) is 0 Å². The van der Waals surface area contributed by atoms with Crippen molar-refractivity contribution in [1.82, 2.24) is 4.72 Å². The fraction of sp³-hybridized carbons (Fsp3) is 0.250. The Bertz CT molecular complexity index is 630. The van der Waals surface area contributed by atoms with E-state index in [4.69, 9.17) is 23.3 Å². The molecule has 7 heteroatoms. The van der Waals surface area contributed by atoms with Crippen molar-refractivity contribution in [3.05, 3.63) is 28.8 Å². The number of hydrogen-bond acceptors (Lipinski definition) is 4. The minimum atomic E-state index is -3.66. The zero-order valence-electron chi connectivity index (χ0n) is 9.89. The van der Waals surface area contributed by atoms with Gasteiger partial charge in [0, 0.05) is 12.3 Å². The van der Waals surface area contributed by atoms with Crippen LogP contribution in [0.2, 0.25) is 5.02 Å². The summed E-state index contributed by atoms with van der Waals surface area (Å²) in [6.45, 7) is 0.269. The SMILES string of the molecule is C#CCSCCNS(=O)(=O)c1ccc(C#N)cc1Cl. The van der Waals surface area contributed by atoms with Crippen LogP contribution in [-0.2, 0) is 10.0 Å². The Morgan fingerprint density at radius 3 is 2.79 bits per heavy atom. The number of benzene rings is 1. The van der Waals surface area contributed by atoms with Crippen LogP contribution in [-0.4, -0.2) is 26.5 Å². The Labute approximate surface area is 122 Å². The van der Waals surface area contributed by atoms with Crippen molar-refractivity contribution in [1.29, 1.82) is 5.26 Å². The molecule has 0 aliphatic heterocycles. The molecule has 0 saturated carbocycles. The first kappa shape index (κ1) is 15.9. The van der Waals surface area contributed by atoms with E-state index < -0.39 is 10.0 Å². The topological polar surface area (TPSA) is 70.0 Å². The quantitative estimate of drug-likeness (QED) is 0.642. The average molecular weight is 315 g/mol. The molecule has 0 spiro atoms. The molecule has 1 aromatic rings. The van der Waals surface area contributed by atoms with Gasteiger partial charge in [-0.25, -0.2) is 13.1 Å². The number of nitrogens with zero attached hydrogens (tertiary/aromatic N) is 1. The largest absolute Gasteiger partial charge is 0.242 e. The molecule has 0 fully saturated rings. The Morgan fingerprint density at radius 1 is 1.47 bits per heavy atom. The summed E-state index contributed by atoms with van der Waals surface area (Å²) >= 11 is 7.31. The maximum Gasteiger partial charge on any atom is 0.242 e. The summed E-state index contributed by atoms with van der Waals surface area (Å²) in [4.78, 5) is -0.0323. The number of thioether (sulfide) groups is 1. The van der Waals surface area contributed by atoms with E-state index in [9.17, 15) is 8.42 Å². The lowest BCUT2D eigenvalue weighted by atomic mass is 10.2. The molecule has 0 unspecified atom stereocenters. The molecule has 1 rings (SSSR count). The standard InChI is InChI=1S/C12H11ClN2O2S2/c1-2-6-18-7-5-15-19(16,17)12-4-3-10(9-14)8-11(12)13/h1,3-4,8,15H,5-7H2. The molecule has 0 aliphatic rings. The van der Waals surface area contributed by atoms with Crippen molar-refractivity contribution in [3.63, 3.8) is 0 Å². The van der Waals surface area contributed by atoms with Gasteiger partial charge in [-0.1, -0.05) is 17.5 Å². The lowest BCUT2D eigenvalue weighted by Gasteiger charge is -2.08. The lowest BCUT2D eigenvalue weighted by molar-refractivity contribution is 0.584. The van der Waals surface area contributed by atoms with Crippen LogP contribution in [0, 0.1) is 23.7 Å². The second kappa shape index (κ2) is 7.42. The molecule has 100 valence electrons. The van der Waals surface area contributed by atoms with Crippen molar-refractivity contribution in [3.8, 4) is 18.4 Å². The predicted octanol–water partition coefficient (Wildman–Crippen LogP) is 1.86. The molecule has 1 aromatic carbocycles. The third-order valence-electron chi connectivity index (χ3n) is 2.07. The molecule has 0 aliphatic carbocycles. The first-order chi connectivity index (χ1) is 9.01. The fourth-order valence-corrected chi connectivity index (χ4v) is 3.46. The molecular weight excluding hydrogens is 304 g/mol. The molecule has 1 N–H and O–H groups in total. The van der Waals surface area contributed by atoms with Crippen molar-refractivity contribution < 1.29 is 8.42 Å². The summed E-state index contributed by atoms with van der Waals surface area (Å²) in [5.41, 5.74) is 0.313. The van der Waals surface area contributed by atoms with Gasteiger partial charge >= 0.3 is 0 Å². The van der Waals surface area contributed by atoms with E-state index in [1.165, 1.54) is 30.0 Å². The van der Waals surface area contributed by atoms with Gasteiger partial charge in [-0.2, -0.15) is 5.26 Å². The molecule has 0 heterocycles. The first-order valence-corrected chi connectivity index (χ1v) is 8.23. The zero-order chi connectivity index (χ0) is 14.3. The van der Waals surface area contributed by atoms with E-state index in [0.29, 0.717) is 17.1 Å². The average Bonchev–Trinajstić information content (AvgIpc) is 2.37. The highest BCUT2D eigenvalue weighted by Crippen LogP contribution is 2.22. The summed E-state index contributed by atoms with van der Waals surface area (Å²) in [7, 11) is -3.66. The smallest absolute Gasteiger partial charge is 0.210 e. The van der Waals surface area contributed by atoms with Crippen LogP contribution in [0.15, 0.2) is 23.1 Å². The Kier molecular flexibility index (Phi) is 6.20. The van der Waals surface area contributed by atoms with Crippen molar-refractivity contribution >= 4 is 33.4 Å². The summed E-state index contributed by atoms with van der Waals surface area (Å²) in [5, 5.41) is 8.72. The van der Waals surface area contributed by atoms with E-state index in [1.807, 2.05) is 6.07 Å². The Hall–Kier alpha value is -1.18. The Morgan fingerprint density at radius 2 is 2.21 bits per heavy atom. The maximum atomic E-state index is 12.0. The highest BCUT2D eigenvalue weighted by Gasteiger charge is 2.17. The summed E-state index contributed by atoms with van der Waals surface area (Å²) < 4.78 is 26.3. The number of terminal acetylenes is 1. The van der Waals surface area contributed by atoms with E-state index >= 15 is 0 Å². The van der Waals surface area contributed by atoms with Crippen LogP contribution in [0.25, 0.3) is 0 Å². The molecule has 0 atom stereocenters. The van der Waals surface area contributed by atoms with Gasteiger partial charge in [0.2, 0.25) is 10.0 Å². The van der Waals surface area contributed by atoms with Crippen LogP contribution < -0.4 is 4.72 Å². The van der Waals surface area contributed by atoms with E-state index in [0.717, 1.165) is 0 Å². The minimum absolute atomic E-state index is 0.0304. The summed E-state index contributed by atoms with van der Waals surface area (Å²) in [5.74, 6) is 3.57. The fourth-order valence-electron chi connectivity index (χ4n) is 1.25. The van der Waals surface area contributed by atoms with Crippen LogP contribution in [0.4, 0.5) is 0 Å². The van der Waals surface area contributed by atoms with E-state index in [1.54, 1.807) is 0 Å². The highest BCUT2D eigenvalue weighted by atomic mass is 35.5. The Balaban J connectivity index is 2.73. The van der Waals surface area contributed by atoms with Gasteiger partial charge in [-0.05, 0) is 18.2 Å². The number of nitrogens with one attached hydrogen (secondary N) is 1. The molecule has 0 bridgehead atoms. The van der Waals surface area contributed by atoms with Crippen molar-refractivity contribution in [2.24, 2.45) is 0 Å². The third-order valence-corrected chi connectivity index (χ3v) is 4.88. The number of hydrogen-bond donors (Lipinski definition) is 1. The minimum Gasteiger partial charge on any atom is -0.210 e. The summed E-state index contributed by atoms with van der Waals surface area (Å²) in [6.07, 6.45) is 5.08. The normalized spacial score (nSPS) is 10.7. The number of sulfonamides is 1. The molecule has 0 saturated heterocycles. The lowest BCUT2D eigenvalue weighted by Crippen LogP contribution is -2.26. The molecule has 4 nitrogen and oxygen atoms in total. The zero-order valence-corrected chi connectivity index (χ0v) is 12.3. The van der Waals surface area contributed by atoms with Gasteiger partial charge in [0.25, 0.3) is 0 Å². The third kappa shape index (κ3) is 4.77. The number of halogens is 1.